The van der Waals surface area contributed by atoms with E-state index in [-0.39, 0.29) is 16.6 Å². The Balaban J connectivity index is 1.90. The summed E-state index contributed by atoms with van der Waals surface area (Å²) in [5.74, 6) is 0.0647. The molecule has 0 aliphatic carbocycles. The predicted octanol–water partition coefficient (Wildman–Crippen LogP) is 0.738. The van der Waals surface area contributed by atoms with Crippen LogP contribution < -0.4 is 10.1 Å². The van der Waals surface area contributed by atoms with E-state index in [1.165, 1.54) is 10.4 Å². The standard InChI is InChI=1S/C14H18N2O4S/c17-14-12(7-8-15-14)20-11-5-1-2-6-13(11)21(18,19)16-9-3-4-10-16/h1-2,5-6,12H,3-4,7-10H2,(H,15,17)/t12-/m1/s1. The molecular formula is C14H18N2O4S. The van der Waals surface area contributed by atoms with Crippen LogP contribution in [0.2, 0.25) is 0 Å². The topological polar surface area (TPSA) is 75.7 Å². The van der Waals surface area contributed by atoms with Gasteiger partial charge in [-0.3, -0.25) is 4.79 Å². The number of para-hydroxylation sites is 1. The molecule has 2 heterocycles. The van der Waals surface area contributed by atoms with Crippen molar-refractivity contribution >= 4 is 15.9 Å². The van der Waals surface area contributed by atoms with Crippen molar-refractivity contribution in [2.24, 2.45) is 0 Å². The number of hydrogen-bond acceptors (Lipinski definition) is 4. The number of hydrogen-bond donors (Lipinski definition) is 1. The monoisotopic (exact) mass is 310 g/mol. The maximum absolute atomic E-state index is 12.7. The molecule has 0 spiro atoms. The molecule has 1 atom stereocenters. The quantitative estimate of drug-likeness (QED) is 0.890. The molecule has 1 amide bonds. The second-order valence-electron chi connectivity index (χ2n) is 5.24. The number of sulfonamides is 1. The second-order valence-corrected chi connectivity index (χ2v) is 7.15. The number of benzene rings is 1. The molecule has 0 unspecified atom stereocenters. The first kappa shape index (κ1) is 14.3. The molecule has 3 rings (SSSR count). The van der Waals surface area contributed by atoms with Crippen LogP contribution >= 0.6 is 0 Å². The van der Waals surface area contributed by atoms with Crippen LogP contribution in [0, 0.1) is 0 Å². The van der Waals surface area contributed by atoms with Crippen molar-refractivity contribution in [3.63, 3.8) is 0 Å². The molecular weight excluding hydrogens is 292 g/mol. The van der Waals surface area contributed by atoms with Gasteiger partial charge in [0.2, 0.25) is 10.0 Å². The summed E-state index contributed by atoms with van der Waals surface area (Å²) in [6.07, 6.45) is 1.71. The van der Waals surface area contributed by atoms with E-state index in [9.17, 15) is 13.2 Å². The van der Waals surface area contributed by atoms with Crippen LogP contribution in [0.15, 0.2) is 29.2 Å². The van der Waals surface area contributed by atoms with E-state index >= 15 is 0 Å². The smallest absolute Gasteiger partial charge is 0.261 e. The molecule has 2 saturated heterocycles. The minimum atomic E-state index is -3.55. The molecule has 0 saturated carbocycles. The highest BCUT2D eigenvalue weighted by Crippen LogP contribution is 2.30. The first-order valence-electron chi connectivity index (χ1n) is 7.12. The summed E-state index contributed by atoms with van der Waals surface area (Å²) in [6, 6.07) is 6.53. The van der Waals surface area contributed by atoms with Gasteiger partial charge in [-0.25, -0.2) is 8.42 Å². The number of carbonyl (C=O) groups is 1. The van der Waals surface area contributed by atoms with Gasteiger partial charge >= 0.3 is 0 Å². The number of amides is 1. The molecule has 1 aromatic carbocycles. The van der Waals surface area contributed by atoms with Crippen molar-refractivity contribution in [3.8, 4) is 5.75 Å². The lowest BCUT2D eigenvalue weighted by molar-refractivity contribution is -0.125. The number of nitrogens with one attached hydrogen (secondary N) is 1. The summed E-state index contributed by atoms with van der Waals surface area (Å²) in [5.41, 5.74) is 0. The van der Waals surface area contributed by atoms with Gasteiger partial charge in [0.15, 0.2) is 6.10 Å². The van der Waals surface area contributed by atoms with E-state index < -0.39 is 16.1 Å². The summed E-state index contributed by atoms with van der Waals surface area (Å²) in [5, 5.41) is 2.68. The van der Waals surface area contributed by atoms with Crippen molar-refractivity contribution < 1.29 is 17.9 Å². The van der Waals surface area contributed by atoms with Crippen molar-refractivity contribution in [2.75, 3.05) is 19.6 Å². The second kappa shape index (κ2) is 5.65. The Morgan fingerprint density at radius 2 is 1.90 bits per heavy atom. The van der Waals surface area contributed by atoms with Gasteiger partial charge in [-0.2, -0.15) is 4.31 Å². The van der Waals surface area contributed by atoms with Gasteiger partial charge in [0, 0.05) is 26.1 Å². The highest BCUT2D eigenvalue weighted by Gasteiger charge is 2.32. The Hall–Kier alpha value is -1.60. The third-order valence-electron chi connectivity index (χ3n) is 3.80. The molecule has 1 N–H and O–H groups in total. The fourth-order valence-electron chi connectivity index (χ4n) is 2.67. The van der Waals surface area contributed by atoms with E-state index in [1.54, 1.807) is 18.2 Å². The third kappa shape index (κ3) is 2.75. The number of nitrogens with zero attached hydrogens (tertiary/aromatic N) is 1. The van der Waals surface area contributed by atoms with E-state index in [4.69, 9.17) is 4.74 Å². The van der Waals surface area contributed by atoms with Crippen molar-refractivity contribution in [3.05, 3.63) is 24.3 Å². The van der Waals surface area contributed by atoms with Crippen molar-refractivity contribution in [2.45, 2.75) is 30.3 Å². The molecule has 0 bridgehead atoms. The zero-order chi connectivity index (χ0) is 14.9. The Morgan fingerprint density at radius 3 is 2.57 bits per heavy atom. The highest BCUT2D eigenvalue weighted by atomic mass is 32.2. The lowest BCUT2D eigenvalue weighted by Crippen LogP contribution is -2.30. The molecule has 6 nitrogen and oxygen atoms in total. The minimum absolute atomic E-state index is 0.145. The van der Waals surface area contributed by atoms with Gasteiger partial charge in [-0.1, -0.05) is 12.1 Å². The van der Waals surface area contributed by atoms with Crippen molar-refractivity contribution in [1.82, 2.24) is 9.62 Å². The molecule has 2 aliphatic heterocycles. The van der Waals surface area contributed by atoms with Crippen LogP contribution in [0.5, 0.6) is 5.75 Å². The summed E-state index contributed by atoms with van der Waals surface area (Å²) < 4.78 is 32.4. The maximum Gasteiger partial charge on any atom is 0.261 e. The average molecular weight is 310 g/mol. The number of carbonyl (C=O) groups excluding carboxylic acids is 1. The first-order valence-corrected chi connectivity index (χ1v) is 8.56. The van der Waals surface area contributed by atoms with E-state index in [0.717, 1.165) is 12.8 Å². The van der Waals surface area contributed by atoms with Gasteiger partial charge in [0.05, 0.1) is 0 Å². The molecule has 2 aliphatic rings. The molecule has 7 heteroatoms. The predicted molar refractivity (Wildman–Crippen MR) is 76.5 cm³/mol. The van der Waals surface area contributed by atoms with Crippen LogP contribution in [0.25, 0.3) is 0 Å². The van der Waals surface area contributed by atoms with Crippen LogP contribution in [0.1, 0.15) is 19.3 Å². The fourth-order valence-corrected chi connectivity index (χ4v) is 4.30. The lowest BCUT2D eigenvalue weighted by atomic mass is 10.3. The Bertz CT molecular complexity index is 638. The lowest BCUT2D eigenvalue weighted by Gasteiger charge is -2.19. The van der Waals surface area contributed by atoms with E-state index in [2.05, 4.69) is 5.32 Å². The van der Waals surface area contributed by atoms with Gasteiger partial charge in [0.25, 0.3) is 5.91 Å². The van der Waals surface area contributed by atoms with E-state index in [1.807, 2.05) is 0 Å². The van der Waals surface area contributed by atoms with E-state index in [0.29, 0.717) is 26.1 Å². The average Bonchev–Trinajstić information content (AvgIpc) is 3.12. The first-order chi connectivity index (χ1) is 10.1. The summed E-state index contributed by atoms with van der Waals surface area (Å²) >= 11 is 0. The third-order valence-corrected chi connectivity index (χ3v) is 5.74. The Morgan fingerprint density at radius 1 is 1.19 bits per heavy atom. The summed E-state index contributed by atoms with van der Waals surface area (Å²) in [7, 11) is -3.55. The zero-order valence-corrected chi connectivity index (χ0v) is 12.4. The number of ether oxygens (including phenoxy) is 1. The Labute approximate surface area is 124 Å². The molecule has 0 radical (unpaired) electrons. The van der Waals surface area contributed by atoms with Crippen LogP contribution in [0.4, 0.5) is 0 Å². The summed E-state index contributed by atoms with van der Waals surface area (Å²) in [4.78, 5) is 11.7. The normalized spacial score (nSPS) is 23.2. The zero-order valence-electron chi connectivity index (χ0n) is 11.6. The molecule has 2 fully saturated rings. The number of rotatable bonds is 4. The van der Waals surface area contributed by atoms with Crippen LogP contribution in [0.3, 0.4) is 0 Å². The van der Waals surface area contributed by atoms with Crippen LogP contribution in [-0.2, 0) is 14.8 Å². The maximum atomic E-state index is 12.7. The van der Waals surface area contributed by atoms with Gasteiger partial charge in [-0.15, -0.1) is 0 Å². The fraction of sp³-hybridized carbons (Fsp3) is 0.500. The summed E-state index contributed by atoms with van der Waals surface area (Å²) in [6.45, 7) is 1.64. The minimum Gasteiger partial charge on any atom is -0.479 e. The highest BCUT2D eigenvalue weighted by molar-refractivity contribution is 7.89. The molecule has 21 heavy (non-hydrogen) atoms. The Kier molecular flexibility index (Phi) is 3.86. The largest absolute Gasteiger partial charge is 0.479 e. The van der Waals surface area contributed by atoms with Crippen LogP contribution in [-0.4, -0.2) is 44.4 Å². The van der Waals surface area contributed by atoms with Gasteiger partial charge in [-0.05, 0) is 25.0 Å². The van der Waals surface area contributed by atoms with Gasteiger partial charge < -0.3 is 10.1 Å². The van der Waals surface area contributed by atoms with Crippen molar-refractivity contribution in [1.29, 1.82) is 0 Å². The molecule has 114 valence electrons. The van der Waals surface area contributed by atoms with Gasteiger partial charge in [0.1, 0.15) is 10.6 Å². The SMILES string of the molecule is O=C1NCC[C@H]1Oc1ccccc1S(=O)(=O)N1CCCC1. The molecule has 1 aromatic rings. The molecule has 0 aromatic heterocycles.